The second-order valence-electron chi connectivity index (χ2n) is 9.22. The van der Waals surface area contributed by atoms with Crippen molar-refractivity contribution in [3.8, 4) is 17.2 Å². The standard InChI is InChI=1S/C28H41NO4/c1-7-8-9-10-17-32-27-26(33-18-16-22(6)13-11-12-20(2)3)24-15-14-23(30)19-25(24)29(21(4)5)28(27)31/h12,14-16,19,21,30H,7-11,13,17-18H2,1-6H3/b22-16+. The van der Waals surface area contributed by atoms with Crippen LogP contribution in [0.25, 0.3) is 10.9 Å². The molecule has 1 aromatic carbocycles. The summed E-state index contributed by atoms with van der Waals surface area (Å²) in [5.41, 5.74) is 2.98. The van der Waals surface area contributed by atoms with Crippen LogP contribution in [0.4, 0.5) is 0 Å². The van der Waals surface area contributed by atoms with E-state index < -0.39 is 0 Å². The summed E-state index contributed by atoms with van der Waals surface area (Å²) in [6.45, 7) is 13.2. The summed E-state index contributed by atoms with van der Waals surface area (Å²) in [6, 6.07) is 4.95. The van der Waals surface area contributed by atoms with Gasteiger partial charge in [0.05, 0.1) is 12.1 Å². The Labute approximate surface area is 198 Å². The fourth-order valence-corrected chi connectivity index (χ4v) is 3.79. The van der Waals surface area contributed by atoms with Gasteiger partial charge in [0.25, 0.3) is 5.56 Å². The van der Waals surface area contributed by atoms with Gasteiger partial charge in [0.1, 0.15) is 12.4 Å². The van der Waals surface area contributed by atoms with Gasteiger partial charge in [0, 0.05) is 17.5 Å². The van der Waals surface area contributed by atoms with Gasteiger partial charge in [0.15, 0.2) is 5.75 Å². The number of rotatable bonds is 13. The Hall–Kier alpha value is -2.69. The SMILES string of the molecule is CCCCCCOc1c(OC/C=C(\C)CCC=C(C)C)c2ccc(O)cc2n(C(C)C)c1=O. The fourth-order valence-electron chi connectivity index (χ4n) is 3.79. The van der Waals surface area contributed by atoms with Crippen LogP contribution in [-0.4, -0.2) is 22.9 Å². The van der Waals surface area contributed by atoms with E-state index in [1.165, 1.54) is 11.1 Å². The molecule has 33 heavy (non-hydrogen) atoms. The molecule has 0 radical (unpaired) electrons. The first kappa shape index (κ1) is 26.6. The third-order valence-electron chi connectivity index (χ3n) is 5.62. The summed E-state index contributed by atoms with van der Waals surface area (Å²) in [5.74, 6) is 0.829. The van der Waals surface area contributed by atoms with Gasteiger partial charge >= 0.3 is 0 Å². The predicted octanol–water partition coefficient (Wildman–Crippen LogP) is 7.32. The lowest BCUT2D eigenvalue weighted by molar-refractivity contribution is 0.271. The van der Waals surface area contributed by atoms with Crippen LogP contribution in [-0.2, 0) is 0 Å². The molecule has 0 bridgehead atoms. The van der Waals surface area contributed by atoms with Gasteiger partial charge < -0.3 is 19.1 Å². The summed E-state index contributed by atoms with van der Waals surface area (Å²) < 4.78 is 13.9. The van der Waals surface area contributed by atoms with E-state index in [1.54, 1.807) is 22.8 Å². The number of phenols is 1. The number of nitrogens with zero attached hydrogens (tertiary/aromatic N) is 1. The molecule has 0 spiro atoms. The second-order valence-corrected chi connectivity index (χ2v) is 9.22. The summed E-state index contributed by atoms with van der Waals surface area (Å²) in [6.07, 6.45) is 10.5. The van der Waals surface area contributed by atoms with Crippen LogP contribution in [0.1, 0.15) is 86.1 Å². The van der Waals surface area contributed by atoms with Crippen molar-refractivity contribution in [2.24, 2.45) is 0 Å². The first-order chi connectivity index (χ1) is 15.8. The highest BCUT2D eigenvalue weighted by Gasteiger charge is 2.21. The predicted molar refractivity (Wildman–Crippen MR) is 138 cm³/mol. The van der Waals surface area contributed by atoms with Crippen molar-refractivity contribution in [2.45, 2.75) is 86.1 Å². The Morgan fingerprint density at radius 1 is 1.06 bits per heavy atom. The maximum Gasteiger partial charge on any atom is 0.297 e. The van der Waals surface area contributed by atoms with Crippen LogP contribution in [0.15, 0.2) is 46.3 Å². The van der Waals surface area contributed by atoms with Crippen molar-refractivity contribution in [2.75, 3.05) is 13.2 Å². The van der Waals surface area contributed by atoms with Crippen LogP contribution in [0.2, 0.25) is 0 Å². The van der Waals surface area contributed by atoms with E-state index in [1.807, 2.05) is 13.8 Å². The number of phenolic OH excluding ortho intramolecular Hbond substituents is 1. The first-order valence-electron chi connectivity index (χ1n) is 12.2. The van der Waals surface area contributed by atoms with E-state index in [0.717, 1.165) is 43.9 Å². The van der Waals surface area contributed by atoms with E-state index in [9.17, 15) is 9.90 Å². The van der Waals surface area contributed by atoms with Crippen LogP contribution in [0.5, 0.6) is 17.2 Å². The van der Waals surface area contributed by atoms with Crippen molar-refractivity contribution in [1.82, 2.24) is 4.57 Å². The molecule has 0 aliphatic carbocycles. The molecule has 0 aliphatic heterocycles. The van der Waals surface area contributed by atoms with Gasteiger partial charge in [0.2, 0.25) is 5.75 Å². The number of benzene rings is 1. The van der Waals surface area contributed by atoms with Gasteiger partial charge in [-0.1, -0.05) is 43.4 Å². The maximum atomic E-state index is 13.4. The minimum absolute atomic E-state index is 0.0875. The number of ether oxygens (including phenoxy) is 2. The zero-order chi connectivity index (χ0) is 24.4. The normalized spacial score (nSPS) is 11.8. The molecule has 5 heteroatoms. The molecule has 2 rings (SSSR count). The third kappa shape index (κ3) is 7.69. The lowest BCUT2D eigenvalue weighted by Crippen LogP contribution is -2.25. The molecule has 1 aromatic heterocycles. The molecule has 2 aromatic rings. The van der Waals surface area contributed by atoms with Crippen molar-refractivity contribution in [1.29, 1.82) is 0 Å². The largest absolute Gasteiger partial charge is 0.508 e. The molecule has 0 unspecified atom stereocenters. The van der Waals surface area contributed by atoms with Crippen molar-refractivity contribution < 1.29 is 14.6 Å². The van der Waals surface area contributed by atoms with E-state index in [2.05, 4.69) is 39.8 Å². The summed E-state index contributed by atoms with van der Waals surface area (Å²) in [5, 5.41) is 10.8. The number of aromatic nitrogens is 1. The molecule has 0 saturated heterocycles. The summed E-state index contributed by atoms with van der Waals surface area (Å²) in [7, 11) is 0. The Morgan fingerprint density at radius 3 is 2.48 bits per heavy atom. The molecule has 0 fully saturated rings. The molecular weight excluding hydrogens is 414 g/mol. The second kappa shape index (κ2) is 13.1. The van der Waals surface area contributed by atoms with Crippen molar-refractivity contribution >= 4 is 10.9 Å². The Bertz CT molecular complexity index is 1030. The zero-order valence-electron chi connectivity index (χ0n) is 21.2. The number of unbranched alkanes of at least 4 members (excludes halogenated alkanes) is 3. The minimum atomic E-state index is -0.224. The maximum absolute atomic E-state index is 13.4. The highest BCUT2D eigenvalue weighted by atomic mass is 16.5. The summed E-state index contributed by atoms with van der Waals surface area (Å²) in [4.78, 5) is 13.4. The Balaban J connectivity index is 2.40. The van der Waals surface area contributed by atoms with Crippen molar-refractivity contribution in [3.63, 3.8) is 0 Å². The molecule has 0 atom stereocenters. The molecule has 0 saturated carbocycles. The molecule has 1 heterocycles. The number of hydrogen-bond acceptors (Lipinski definition) is 4. The lowest BCUT2D eigenvalue weighted by atomic mass is 10.1. The quantitative estimate of drug-likeness (QED) is 0.254. The van der Waals surface area contributed by atoms with E-state index >= 15 is 0 Å². The van der Waals surface area contributed by atoms with Gasteiger partial charge in [-0.3, -0.25) is 4.79 Å². The number of allylic oxidation sites excluding steroid dienone is 3. The first-order valence-corrected chi connectivity index (χ1v) is 12.2. The van der Waals surface area contributed by atoms with Gasteiger partial charge in [-0.2, -0.15) is 0 Å². The molecule has 5 nitrogen and oxygen atoms in total. The molecular formula is C28H41NO4. The average molecular weight is 456 g/mol. The van der Waals surface area contributed by atoms with E-state index in [-0.39, 0.29) is 23.1 Å². The van der Waals surface area contributed by atoms with Crippen LogP contribution < -0.4 is 15.0 Å². The smallest absolute Gasteiger partial charge is 0.297 e. The lowest BCUT2D eigenvalue weighted by Gasteiger charge is -2.20. The molecule has 1 N–H and O–H groups in total. The fraction of sp³-hybridized carbons (Fsp3) is 0.536. The Morgan fingerprint density at radius 2 is 1.82 bits per heavy atom. The minimum Gasteiger partial charge on any atom is -0.508 e. The average Bonchev–Trinajstić information content (AvgIpc) is 2.74. The molecule has 0 aliphatic rings. The van der Waals surface area contributed by atoms with Crippen LogP contribution in [0, 0.1) is 0 Å². The van der Waals surface area contributed by atoms with E-state index in [0.29, 0.717) is 24.5 Å². The van der Waals surface area contributed by atoms with Gasteiger partial charge in [-0.25, -0.2) is 0 Å². The third-order valence-corrected chi connectivity index (χ3v) is 5.62. The topological polar surface area (TPSA) is 60.7 Å². The molecule has 182 valence electrons. The summed E-state index contributed by atoms with van der Waals surface area (Å²) >= 11 is 0. The van der Waals surface area contributed by atoms with Gasteiger partial charge in [-0.15, -0.1) is 0 Å². The number of hydrogen-bond donors (Lipinski definition) is 1. The molecule has 0 amide bonds. The number of aromatic hydroxyl groups is 1. The van der Waals surface area contributed by atoms with Crippen molar-refractivity contribution in [3.05, 3.63) is 51.9 Å². The van der Waals surface area contributed by atoms with E-state index in [4.69, 9.17) is 9.47 Å². The van der Waals surface area contributed by atoms with Crippen LogP contribution >= 0.6 is 0 Å². The monoisotopic (exact) mass is 455 g/mol. The number of pyridine rings is 1. The Kier molecular flexibility index (Phi) is 10.6. The zero-order valence-corrected chi connectivity index (χ0v) is 21.2. The van der Waals surface area contributed by atoms with Gasteiger partial charge in [-0.05, 0) is 72.1 Å². The van der Waals surface area contributed by atoms with Crippen LogP contribution in [0.3, 0.4) is 0 Å². The highest BCUT2D eigenvalue weighted by Crippen LogP contribution is 2.35. The highest BCUT2D eigenvalue weighted by molar-refractivity contribution is 5.89. The number of fused-ring (bicyclic) bond motifs is 1.